The minimum atomic E-state index is 0.340. The lowest BCUT2D eigenvalue weighted by molar-refractivity contribution is -0.132. The Labute approximate surface area is 86.9 Å². The number of rotatable bonds is 6. The molecule has 1 amide bonds. The van der Waals surface area contributed by atoms with E-state index < -0.39 is 0 Å². The second-order valence-electron chi connectivity index (χ2n) is 4.06. The third kappa shape index (κ3) is 3.29. The monoisotopic (exact) mass is 198 g/mol. The summed E-state index contributed by atoms with van der Waals surface area (Å²) in [6, 6.07) is 0. The van der Waals surface area contributed by atoms with E-state index in [1.807, 2.05) is 4.90 Å². The first-order valence-corrected chi connectivity index (χ1v) is 5.76. The van der Waals surface area contributed by atoms with E-state index >= 15 is 0 Å². The van der Waals surface area contributed by atoms with Crippen LogP contribution in [0, 0.1) is 5.92 Å². The third-order valence-corrected chi connectivity index (χ3v) is 2.85. The number of hydrogen-bond acceptors (Lipinski definition) is 2. The fourth-order valence-electron chi connectivity index (χ4n) is 1.68. The summed E-state index contributed by atoms with van der Waals surface area (Å²) in [6.07, 6.45) is 3.03. The molecule has 0 bridgehead atoms. The van der Waals surface area contributed by atoms with Gasteiger partial charge in [-0.1, -0.05) is 13.3 Å². The second kappa shape index (κ2) is 6.02. The van der Waals surface area contributed by atoms with Crippen LogP contribution in [0.3, 0.4) is 0 Å². The number of unbranched alkanes of at least 4 members (excludes halogenated alkanes) is 1. The molecule has 1 heterocycles. The maximum absolute atomic E-state index is 11.8. The Morgan fingerprint density at radius 1 is 1.43 bits per heavy atom. The molecule has 1 aliphatic heterocycles. The van der Waals surface area contributed by atoms with Crippen molar-refractivity contribution in [2.75, 3.05) is 26.2 Å². The molecule has 3 nitrogen and oxygen atoms in total. The minimum Gasteiger partial charge on any atom is -0.343 e. The van der Waals surface area contributed by atoms with Crippen molar-refractivity contribution in [2.45, 2.75) is 33.1 Å². The molecule has 82 valence electrons. The van der Waals surface area contributed by atoms with Crippen LogP contribution in [0.25, 0.3) is 0 Å². The Morgan fingerprint density at radius 2 is 2.14 bits per heavy atom. The molecule has 1 rings (SSSR count). The normalized spacial score (nSPS) is 16.4. The van der Waals surface area contributed by atoms with Crippen molar-refractivity contribution in [2.24, 2.45) is 5.92 Å². The molecule has 0 spiro atoms. The zero-order chi connectivity index (χ0) is 10.4. The number of hydrogen-bond donors (Lipinski definition) is 1. The van der Waals surface area contributed by atoms with Crippen LogP contribution in [0.4, 0.5) is 0 Å². The van der Waals surface area contributed by atoms with Crippen molar-refractivity contribution in [3.05, 3.63) is 0 Å². The molecule has 0 atom stereocenters. The number of nitrogens with one attached hydrogen (secondary N) is 1. The van der Waals surface area contributed by atoms with E-state index in [-0.39, 0.29) is 0 Å². The van der Waals surface area contributed by atoms with Crippen molar-refractivity contribution in [1.82, 2.24) is 10.2 Å². The zero-order valence-corrected chi connectivity index (χ0v) is 9.38. The number of amides is 1. The molecule has 0 radical (unpaired) electrons. The summed E-state index contributed by atoms with van der Waals surface area (Å²) in [4.78, 5) is 13.8. The molecule has 1 fully saturated rings. The first-order valence-electron chi connectivity index (χ1n) is 5.76. The van der Waals surface area contributed by atoms with Gasteiger partial charge >= 0.3 is 0 Å². The van der Waals surface area contributed by atoms with Gasteiger partial charge in [0.05, 0.1) is 0 Å². The van der Waals surface area contributed by atoms with Crippen LogP contribution in [0.1, 0.15) is 33.1 Å². The summed E-state index contributed by atoms with van der Waals surface area (Å²) in [7, 11) is 0. The summed E-state index contributed by atoms with van der Waals surface area (Å²) < 4.78 is 0. The summed E-state index contributed by atoms with van der Waals surface area (Å²) in [5, 5.41) is 3.20. The fraction of sp³-hybridized carbons (Fsp3) is 0.909. The summed E-state index contributed by atoms with van der Waals surface area (Å²) in [5.74, 6) is 0.936. The maximum Gasteiger partial charge on any atom is 0.222 e. The van der Waals surface area contributed by atoms with Crippen LogP contribution in [0.5, 0.6) is 0 Å². The van der Waals surface area contributed by atoms with E-state index in [4.69, 9.17) is 0 Å². The summed E-state index contributed by atoms with van der Waals surface area (Å²) in [5.41, 5.74) is 0. The Hall–Kier alpha value is -0.570. The highest BCUT2D eigenvalue weighted by atomic mass is 16.2. The SMILES string of the molecule is CCCCN(CC)C(=O)CC1CNC1. The van der Waals surface area contributed by atoms with Crippen LogP contribution in [-0.4, -0.2) is 37.0 Å². The van der Waals surface area contributed by atoms with Crippen LogP contribution in [0.2, 0.25) is 0 Å². The van der Waals surface area contributed by atoms with Crippen LogP contribution < -0.4 is 5.32 Å². The molecule has 14 heavy (non-hydrogen) atoms. The third-order valence-electron chi connectivity index (χ3n) is 2.85. The van der Waals surface area contributed by atoms with E-state index in [0.29, 0.717) is 11.8 Å². The van der Waals surface area contributed by atoms with Gasteiger partial charge in [-0.15, -0.1) is 0 Å². The average molecular weight is 198 g/mol. The molecule has 0 aromatic carbocycles. The van der Waals surface area contributed by atoms with E-state index in [9.17, 15) is 4.79 Å². The van der Waals surface area contributed by atoms with E-state index in [1.165, 1.54) is 0 Å². The highest BCUT2D eigenvalue weighted by molar-refractivity contribution is 5.76. The molecular weight excluding hydrogens is 176 g/mol. The number of nitrogens with zero attached hydrogens (tertiary/aromatic N) is 1. The Bertz CT molecular complexity index is 178. The molecular formula is C11H22N2O. The van der Waals surface area contributed by atoms with Crippen LogP contribution in [0.15, 0.2) is 0 Å². The number of carbonyl (C=O) groups is 1. The zero-order valence-electron chi connectivity index (χ0n) is 9.38. The van der Waals surface area contributed by atoms with E-state index in [0.717, 1.165) is 45.4 Å². The van der Waals surface area contributed by atoms with Crippen molar-refractivity contribution < 1.29 is 4.79 Å². The highest BCUT2D eigenvalue weighted by Crippen LogP contribution is 2.10. The smallest absolute Gasteiger partial charge is 0.222 e. The largest absolute Gasteiger partial charge is 0.343 e. The maximum atomic E-state index is 11.8. The molecule has 0 aromatic rings. The van der Waals surface area contributed by atoms with Gasteiger partial charge in [-0.25, -0.2) is 0 Å². The first-order chi connectivity index (χ1) is 6.77. The number of carbonyl (C=O) groups excluding carboxylic acids is 1. The molecule has 1 aliphatic rings. The lowest BCUT2D eigenvalue weighted by atomic mass is 9.98. The van der Waals surface area contributed by atoms with Gasteiger partial charge in [-0.3, -0.25) is 4.79 Å². The van der Waals surface area contributed by atoms with Crippen molar-refractivity contribution in [3.8, 4) is 0 Å². The summed E-state index contributed by atoms with van der Waals surface area (Å²) >= 11 is 0. The van der Waals surface area contributed by atoms with Gasteiger partial charge in [0.2, 0.25) is 5.91 Å². The van der Waals surface area contributed by atoms with Gasteiger partial charge < -0.3 is 10.2 Å². The lowest BCUT2D eigenvalue weighted by Gasteiger charge is -2.29. The van der Waals surface area contributed by atoms with E-state index in [2.05, 4.69) is 19.2 Å². The molecule has 3 heteroatoms. The van der Waals surface area contributed by atoms with Gasteiger partial charge in [0.1, 0.15) is 0 Å². The topological polar surface area (TPSA) is 32.3 Å². The molecule has 0 saturated carbocycles. The van der Waals surface area contributed by atoms with Gasteiger partial charge in [-0.05, 0) is 32.4 Å². The van der Waals surface area contributed by atoms with Crippen molar-refractivity contribution in [1.29, 1.82) is 0 Å². The minimum absolute atomic E-state index is 0.340. The quantitative estimate of drug-likeness (QED) is 0.696. The Morgan fingerprint density at radius 3 is 2.57 bits per heavy atom. The Kier molecular flexibility index (Phi) is 4.94. The average Bonchev–Trinajstić information content (AvgIpc) is 2.13. The van der Waals surface area contributed by atoms with Gasteiger partial charge in [0.25, 0.3) is 0 Å². The van der Waals surface area contributed by atoms with Crippen molar-refractivity contribution >= 4 is 5.91 Å². The molecule has 1 saturated heterocycles. The fourth-order valence-corrected chi connectivity index (χ4v) is 1.68. The Balaban J connectivity index is 2.23. The van der Waals surface area contributed by atoms with Gasteiger partial charge in [-0.2, -0.15) is 0 Å². The second-order valence-corrected chi connectivity index (χ2v) is 4.06. The molecule has 0 aliphatic carbocycles. The first kappa shape index (κ1) is 11.5. The van der Waals surface area contributed by atoms with Gasteiger partial charge in [0, 0.05) is 19.5 Å². The highest BCUT2D eigenvalue weighted by Gasteiger charge is 2.22. The van der Waals surface area contributed by atoms with Crippen molar-refractivity contribution in [3.63, 3.8) is 0 Å². The summed E-state index contributed by atoms with van der Waals surface area (Å²) in [6.45, 7) is 8.07. The lowest BCUT2D eigenvalue weighted by Crippen LogP contribution is -2.45. The predicted molar refractivity (Wildman–Crippen MR) is 58.1 cm³/mol. The van der Waals surface area contributed by atoms with Crippen LogP contribution >= 0.6 is 0 Å². The molecule has 1 N–H and O–H groups in total. The molecule has 0 aromatic heterocycles. The molecule has 0 unspecified atom stereocenters. The standard InChI is InChI=1S/C11H22N2O/c1-3-5-6-13(4-2)11(14)7-10-8-12-9-10/h10,12H,3-9H2,1-2H3. The predicted octanol–water partition coefficient (Wildman–Crippen LogP) is 1.24. The van der Waals surface area contributed by atoms with Crippen LogP contribution in [-0.2, 0) is 4.79 Å². The van der Waals surface area contributed by atoms with E-state index in [1.54, 1.807) is 0 Å². The van der Waals surface area contributed by atoms with Gasteiger partial charge in [0.15, 0.2) is 0 Å².